The first-order chi connectivity index (χ1) is 69.9. The molecule has 7 aromatic heterocycles. The molecule has 3 fully saturated rings. The second-order valence-corrected chi connectivity index (χ2v) is 46.8. The van der Waals surface area contributed by atoms with E-state index in [-0.39, 0.29) is 67.0 Å². The second kappa shape index (κ2) is 47.7. The number of pyridine rings is 3. The van der Waals surface area contributed by atoms with Gasteiger partial charge in [-0.15, -0.1) is 34.0 Å². The monoisotopic (exact) mass is 2240 g/mol. The third-order valence-electron chi connectivity index (χ3n) is 22.5. The molecular weight excluding hydrogens is 2130 g/mol. The summed E-state index contributed by atoms with van der Waals surface area (Å²) in [5.41, 5.74) is -3.42. The number of carbonyl (C=O) groups is 4. The minimum absolute atomic E-state index is 0.00929. The third-order valence-corrected chi connectivity index (χ3v) is 29.4. The maximum Gasteiger partial charge on any atom is 0.534 e. The molecule has 3 aliphatic rings. The van der Waals surface area contributed by atoms with Gasteiger partial charge in [0.25, 0.3) is 0 Å². The molecule has 0 saturated carbocycles. The molecule has 0 unspecified atom stereocenters. The topological polar surface area (TPSA) is 368 Å². The summed E-state index contributed by atoms with van der Waals surface area (Å²) < 4.78 is 195. The minimum atomic E-state index is -6.13. The second-order valence-electron chi connectivity index (χ2n) is 38.3. The average Bonchev–Trinajstić information content (AvgIpc) is 1.65. The molecule has 3 saturated heterocycles. The number of morpholine rings is 3. The van der Waals surface area contributed by atoms with Gasteiger partial charge < -0.3 is 75.5 Å². The first-order valence-corrected chi connectivity index (χ1v) is 54.4. The van der Waals surface area contributed by atoms with Crippen LogP contribution in [0.15, 0.2) is 128 Å². The van der Waals surface area contributed by atoms with E-state index in [1.165, 1.54) is 38.2 Å². The number of halogens is 9. The molecule has 13 aromatic rings. The molecule has 3 aliphatic heterocycles. The van der Waals surface area contributed by atoms with Crippen LogP contribution in [0.25, 0.3) is 94.8 Å². The van der Waals surface area contributed by atoms with Crippen molar-refractivity contribution in [3.05, 3.63) is 187 Å². The molecule has 1 N–H and O–H groups in total. The van der Waals surface area contributed by atoms with Gasteiger partial charge in [0, 0.05) is 118 Å². The van der Waals surface area contributed by atoms with Crippen molar-refractivity contribution < 1.29 is 123 Å². The number of alkyl halides is 6. The number of esters is 3. The molecule has 16 rings (SSSR count). The first-order valence-electron chi connectivity index (χ1n) is 47.2. The van der Waals surface area contributed by atoms with Crippen molar-refractivity contribution in [3.8, 4) is 65.5 Å². The fraction of sp³-hybridized carbons (Fsp3) is 0.427. The van der Waals surface area contributed by atoms with Crippen LogP contribution < -0.4 is 23.1 Å². The van der Waals surface area contributed by atoms with E-state index in [4.69, 9.17) is 96.3 Å². The van der Waals surface area contributed by atoms with Crippen molar-refractivity contribution in [3.63, 3.8) is 0 Å². The van der Waals surface area contributed by atoms with E-state index in [1.54, 1.807) is 97.3 Å². The molecule has 149 heavy (non-hydrogen) atoms. The summed E-state index contributed by atoms with van der Waals surface area (Å²) in [7, 11) is -12.2. The molecule has 0 bridgehead atoms. The quantitative estimate of drug-likeness (QED) is 0.0164. The number of anilines is 3. The number of hydrogen-bond acceptors (Lipinski definition) is 34. The summed E-state index contributed by atoms with van der Waals surface area (Å²) in [5.74, 6) is -2.22. The predicted molar refractivity (Wildman–Crippen MR) is 565 cm³/mol. The number of carboxylic acid groups (broad SMARTS) is 1. The zero-order valence-electron chi connectivity index (χ0n) is 85.0. The molecule has 0 spiro atoms. The number of ether oxygens (including phenoxy) is 10. The van der Waals surface area contributed by atoms with Crippen LogP contribution in [0.2, 0.25) is 14.5 Å². The van der Waals surface area contributed by atoms with E-state index in [0.29, 0.717) is 96.1 Å². The zero-order chi connectivity index (χ0) is 109. The standard InChI is InChI=1S/C31H34ClN3O4S.C29H30ClN3O4S.C26H30F3N3O7S2.C17H19ClF3NO6S2/c1-6-38-30(36)27(39-31(3,4)5)25-19(2)17-23-28(26(25)20-7-9-22(32)10-8-20)40-29(34-23)21-11-12-33-24(18-21)35-13-15-37-16-14-35;1-17-15-21-26(38-27(32-21)19-9-10-31-22(16-19)33-11-13-36-14-12-33)24(18-5-7-20(30)8-6-18)23(17)25(28(34)35)37-29(2,3)4;1-6-37-24(33)21(38-25(3,4)5)19-15(2)13-17-22(20(19)39-41(34,35)26(27,28)29)40-23(31-17)16-7-8-30-18(14-16)32-9-11-36-12-10-32;1-6-26-14(23)12(27-16(3,4)5)10-8(2)7-9-13(29-15(18)22-9)11(10)28-30(24,25)17(19,20)21/h7-12,17-18,27H,6,13-16H2,1-5H3;5-10,15-16,25H,11-14H2,1-4H3,(H,34,35);7-8,13-14,21H,6,9-12H2,1-5H3;7,12H,6H2,1-5H3/t27-;25-;21-;12-/m0000/s1. The number of aliphatic carboxylic acids is 1. The largest absolute Gasteiger partial charge is 0.534 e. The van der Waals surface area contributed by atoms with Gasteiger partial charge in [-0.25, -0.2) is 54.1 Å². The number of benzene rings is 6. The van der Waals surface area contributed by atoms with Crippen LogP contribution in [-0.4, -0.2) is 213 Å². The highest BCUT2D eigenvalue weighted by Gasteiger charge is 2.52. The lowest BCUT2D eigenvalue weighted by Gasteiger charge is -2.29. The SMILES string of the molecule is CCOC(=O)[C@@H](OC(C)(C)C)c1c(C)cc2nc(-c3ccnc(N4CCOCC4)c3)sc2c1-c1ccc(Cl)cc1.CCOC(=O)[C@@H](OC(C)(C)C)c1c(C)cc2nc(-c3ccnc(N4CCOCC4)c3)sc2c1OS(=O)(=O)C(F)(F)F.CCOC(=O)[C@@H](OC(C)(C)C)c1c(C)cc2nc(Cl)sc2c1OS(=O)(=O)C(F)(F)F.Cc1cc2nc(-c3ccnc(N4CCOCC4)c3)sc2c(-c2ccc(Cl)cc2)c1[C@H](OC(C)(C)C)C(=O)O. The summed E-state index contributed by atoms with van der Waals surface area (Å²) in [4.78, 5) is 90.2. The smallest absolute Gasteiger partial charge is 0.479 e. The van der Waals surface area contributed by atoms with Crippen LogP contribution in [0.5, 0.6) is 11.5 Å². The fourth-order valence-corrected chi connectivity index (χ4v) is 22.0. The summed E-state index contributed by atoms with van der Waals surface area (Å²) in [6, 6.07) is 33.7. The van der Waals surface area contributed by atoms with Gasteiger partial charge in [-0.2, -0.15) is 43.2 Å². The van der Waals surface area contributed by atoms with Crippen LogP contribution >= 0.6 is 80.1 Å². The molecular formula is C103H113Cl3F6N10O21S6. The van der Waals surface area contributed by atoms with Gasteiger partial charge in [0.2, 0.25) is 0 Å². The van der Waals surface area contributed by atoms with Crippen molar-refractivity contribution in [2.45, 2.75) is 189 Å². The Morgan fingerprint density at radius 1 is 0.383 bits per heavy atom. The highest BCUT2D eigenvalue weighted by atomic mass is 35.5. The molecule has 0 radical (unpaired) electrons. The number of aromatic nitrogens is 7. The van der Waals surface area contributed by atoms with E-state index in [9.17, 15) is 67.5 Å². The van der Waals surface area contributed by atoms with Crippen molar-refractivity contribution in [2.75, 3.05) is 113 Å². The van der Waals surface area contributed by atoms with Crippen molar-refractivity contribution in [2.24, 2.45) is 0 Å². The van der Waals surface area contributed by atoms with E-state index in [0.717, 1.165) is 130 Å². The fourth-order valence-electron chi connectivity index (χ4n) is 16.3. The summed E-state index contributed by atoms with van der Waals surface area (Å²) in [5, 5.41) is 13.6. The van der Waals surface area contributed by atoms with Crippen LogP contribution in [-0.2, 0) is 86.8 Å². The van der Waals surface area contributed by atoms with E-state index in [1.807, 2.05) is 139 Å². The lowest BCUT2D eigenvalue weighted by atomic mass is 9.91. The Balaban J connectivity index is 0.000000167. The number of thiazole rings is 4. The highest BCUT2D eigenvalue weighted by molar-refractivity contribution is 7.88. The van der Waals surface area contributed by atoms with Gasteiger partial charge in [0.1, 0.15) is 32.5 Å². The van der Waals surface area contributed by atoms with E-state index >= 15 is 0 Å². The Hall–Kier alpha value is -10.7. The number of aryl methyl sites for hydroxylation is 4. The minimum Gasteiger partial charge on any atom is -0.479 e. The lowest BCUT2D eigenvalue weighted by molar-refractivity contribution is -0.167. The number of hydrogen-bond donors (Lipinski definition) is 1. The Labute approximate surface area is 889 Å². The Morgan fingerprint density at radius 2 is 0.651 bits per heavy atom. The van der Waals surface area contributed by atoms with Crippen molar-refractivity contribution in [1.82, 2.24) is 34.9 Å². The summed E-state index contributed by atoms with van der Waals surface area (Å²) in [6.07, 6.45) is 0.0182. The van der Waals surface area contributed by atoms with Gasteiger partial charge in [-0.1, -0.05) is 70.4 Å². The van der Waals surface area contributed by atoms with Gasteiger partial charge in [-0.3, -0.25) is 0 Å². The van der Waals surface area contributed by atoms with Gasteiger partial charge in [0.05, 0.1) is 123 Å². The number of nitrogens with zero attached hydrogens (tertiary/aromatic N) is 10. The normalized spacial score (nSPS) is 15.0. The van der Waals surface area contributed by atoms with Gasteiger partial charge >= 0.3 is 55.1 Å². The first kappa shape index (κ1) is 115. The van der Waals surface area contributed by atoms with Crippen LogP contribution in [0.3, 0.4) is 0 Å². The molecule has 10 heterocycles. The Morgan fingerprint density at radius 3 is 0.946 bits per heavy atom. The summed E-state index contributed by atoms with van der Waals surface area (Å²) >= 11 is 23.1. The number of rotatable bonds is 27. The number of carbonyl (C=O) groups excluding carboxylic acids is 3. The van der Waals surface area contributed by atoms with E-state index in [2.05, 4.69) is 51.0 Å². The van der Waals surface area contributed by atoms with Gasteiger partial charge in [0.15, 0.2) is 40.4 Å². The lowest BCUT2D eigenvalue weighted by Crippen LogP contribution is -2.36. The third kappa shape index (κ3) is 28.6. The van der Waals surface area contributed by atoms with Crippen LogP contribution in [0, 0.1) is 27.7 Å². The predicted octanol–water partition coefficient (Wildman–Crippen LogP) is 24.1. The Bertz CT molecular complexity index is 7280. The molecule has 0 aliphatic carbocycles. The van der Waals surface area contributed by atoms with Crippen molar-refractivity contribution >= 4 is 183 Å². The van der Waals surface area contributed by atoms with E-state index < -0.39 is 113 Å². The zero-order valence-corrected chi connectivity index (χ0v) is 92.1. The molecule has 0 amide bonds. The molecule has 31 nitrogen and oxygen atoms in total. The van der Waals surface area contributed by atoms with Crippen molar-refractivity contribution in [1.29, 1.82) is 0 Å². The van der Waals surface area contributed by atoms with Crippen LogP contribution in [0.4, 0.5) is 43.8 Å². The number of fused-ring (bicyclic) bond motifs is 4. The number of carboxylic acids is 1. The molecule has 4 atom stereocenters. The van der Waals surface area contributed by atoms with Gasteiger partial charge in [-0.05, 0) is 250 Å². The van der Waals surface area contributed by atoms with Crippen LogP contribution in [0.1, 0.15) is 173 Å². The molecule has 6 aromatic carbocycles. The maximum atomic E-state index is 13.5. The molecule has 800 valence electrons. The maximum absolute atomic E-state index is 13.5. The molecule has 46 heteroatoms. The summed E-state index contributed by atoms with van der Waals surface area (Å²) in [6.45, 7) is 41.4. The average molecular weight is 2240 g/mol. The highest BCUT2D eigenvalue weighted by Crippen LogP contribution is 2.52. The Kier molecular flexibility index (Phi) is 36.9.